The second-order valence-electron chi connectivity index (χ2n) is 9.43. The first-order chi connectivity index (χ1) is 19.5. The number of anilines is 1. The summed E-state index contributed by atoms with van der Waals surface area (Å²) in [7, 11) is 0. The van der Waals surface area contributed by atoms with Crippen LogP contribution in [-0.2, 0) is 12.7 Å². The van der Waals surface area contributed by atoms with Gasteiger partial charge < -0.3 is 10.6 Å². The van der Waals surface area contributed by atoms with Crippen LogP contribution in [0.1, 0.15) is 56.2 Å². The number of carbonyl (C=O) groups is 2. The minimum atomic E-state index is -4.67. The normalized spacial score (nSPS) is 13.1. The van der Waals surface area contributed by atoms with E-state index in [0.717, 1.165) is 22.3 Å². The van der Waals surface area contributed by atoms with Crippen molar-refractivity contribution in [3.05, 3.63) is 81.5 Å². The van der Waals surface area contributed by atoms with Gasteiger partial charge in [0, 0.05) is 12.7 Å². The van der Waals surface area contributed by atoms with Gasteiger partial charge in [0.05, 0.1) is 39.8 Å². The Morgan fingerprint density at radius 2 is 1.98 bits per heavy atom. The lowest BCUT2D eigenvalue weighted by atomic mass is 10.0. The highest BCUT2D eigenvalue weighted by molar-refractivity contribution is 6.32. The van der Waals surface area contributed by atoms with Crippen molar-refractivity contribution in [2.45, 2.75) is 32.5 Å². The number of benzene rings is 1. The van der Waals surface area contributed by atoms with Gasteiger partial charge in [-0.3, -0.25) is 9.59 Å². The Kier molecular flexibility index (Phi) is 7.46. The number of hydrogen-bond acceptors (Lipinski definition) is 7. The SMILES string of the molecule is Cc1cc(C#N)cc(C(=O)NCC2CC2)c1NC(=O)c1cc(Cn2ncc(C(F)(F)F)n2)nn1-c1ncccc1Cl. The summed E-state index contributed by atoms with van der Waals surface area (Å²) in [5, 5.41) is 26.6. The predicted octanol–water partition coefficient (Wildman–Crippen LogP) is 4.15. The van der Waals surface area contributed by atoms with E-state index in [9.17, 15) is 28.0 Å². The summed E-state index contributed by atoms with van der Waals surface area (Å²) >= 11 is 6.32. The fraction of sp³-hybridized carbons (Fsp3) is 0.269. The standard InChI is InChI=1S/C26H21ClF3N9O2/c1-14-7-16(10-31)8-18(24(40)33-11-15-4-5-15)22(14)35-25(41)20-9-17(13-38-34-12-21(37-38)26(28,29)30)36-39(20)23-19(27)3-2-6-32-23/h2-3,6-9,12,15H,4-5,11,13H2,1H3,(H,33,40)(H,35,41). The smallest absolute Gasteiger partial charge is 0.352 e. The number of aromatic nitrogens is 6. The van der Waals surface area contributed by atoms with Crippen LogP contribution in [0.15, 0.2) is 42.7 Å². The van der Waals surface area contributed by atoms with E-state index >= 15 is 0 Å². The van der Waals surface area contributed by atoms with E-state index in [-0.39, 0.29) is 45.6 Å². The number of nitriles is 1. The van der Waals surface area contributed by atoms with Crippen molar-refractivity contribution in [1.82, 2.24) is 35.1 Å². The summed E-state index contributed by atoms with van der Waals surface area (Å²) in [6, 6.07) is 9.39. The predicted molar refractivity (Wildman–Crippen MR) is 139 cm³/mol. The van der Waals surface area contributed by atoms with Gasteiger partial charge in [0.25, 0.3) is 11.8 Å². The fourth-order valence-electron chi connectivity index (χ4n) is 4.04. The third kappa shape index (κ3) is 6.20. The van der Waals surface area contributed by atoms with Gasteiger partial charge in [-0.1, -0.05) is 11.6 Å². The van der Waals surface area contributed by atoms with E-state index in [0.29, 0.717) is 24.2 Å². The molecule has 3 heterocycles. The van der Waals surface area contributed by atoms with E-state index in [4.69, 9.17) is 11.6 Å². The molecule has 1 aliphatic rings. The lowest BCUT2D eigenvalue weighted by Gasteiger charge is -2.15. The lowest BCUT2D eigenvalue weighted by Crippen LogP contribution is -2.28. The van der Waals surface area contributed by atoms with Crippen LogP contribution in [0.3, 0.4) is 0 Å². The number of amides is 2. The molecule has 3 aromatic heterocycles. The highest BCUT2D eigenvalue weighted by atomic mass is 35.5. The Bertz CT molecular complexity index is 1690. The van der Waals surface area contributed by atoms with Gasteiger partial charge >= 0.3 is 6.18 Å². The molecule has 1 fully saturated rings. The zero-order valence-corrected chi connectivity index (χ0v) is 22.2. The average molecular weight is 584 g/mol. The molecule has 0 bridgehead atoms. The second-order valence-corrected chi connectivity index (χ2v) is 9.84. The van der Waals surface area contributed by atoms with Gasteiger partial charge in [-0.05, 0) is 61.6 Å². The molecule has 0 spiro atoms. The van der Waals surface area contributed by atoms with Crippen molar-refractivity contribution in [2.24, 2.45) is 5.92 Å². The molecule has 1 aromatic carbocycles. The number of nitrogens with one attached hydrogen (secondary N) is 2. The molecule has 41 heavy (non-hydrogen) atoms. The maximum absolute atomic E-state index is 13.7. The molecule has 210 valence electrons. The van der Waals surface area contributed by atoms with Crippen molar-refractivity contribution >= 4 is 29.1 Å². The maximum Gasteiger partial charge on any atom is 0.436 e. The van der Waals surface area contributed by atoms with Crippen molar-refractivity contribution < 1.29 is 22.8 Å². The molecule has 15 heteroatoms. The molecule has 4 aromatic rings. The number of alkyl halides is 3. The summed E-state index contributed by atoms with van der Waals surface area (Å²) in [5.41, 5.74) is -0.0972. The van der Waals surface area contributed by atoms with E-state index in [1.807, 2.05) is 6.07 Å². The number of aryl methyl sites for hydroxylation is 1. The van der Waals surface area contributed by atoms with Crippen molar-refractivity contribution in [3.63, 3.8) is 0 Å². The van der Waals surface area contributed by atoms with Crippen LogP contribution in [0.25, 0.3) is 5.82 Å². The van der Waals surface area contributed by atoms with Gasteiger partial charge in [0.2, 0.25) is 0 Å². The Balaban J connectivity index is 1.50. The molecular weight excluding hydrogens is 563 g/mol. The highest BCUT2D eigenvalue weighted by Crippen LogP contribution is 2.29. The number of hydrogen-bond donors (Lipinski definition) is 2. The first-order valence-electron chi connectivity index (χ1n) is 12.3. The zero-order valence-electron chi connectivity index (χ0n) is 21.4. The summed E-state index contributed by atoms with van der Waals surface area (Å²) in [6.07, 6.45) is -0.609. The van der Waals surface area contributed by atoms with Gasteiger partial charge in [0.1, 0.15) is 12.2 Å². The summed E-state index contributed by atoms with van der Waals surface area (Å²) in [5.74, 6) is -0.656. The zero-order chi connectivity index (χ0) is 29.3. The highest BCUT2D eigenvalue weighted by Gasteiger charge is 2.34. The lowest BCUT2D eigenvalue weighted by molar-refractivity contribution is -0.141. The fourth-order valence-corrected chi connectivity index (χ4v) is 4.24. The molecule has 1 aliphatic carbocycles. The van der Waals surface area contributed by atoms with Gasteiger partial charge in [-0.25, -0.2) is 9.67 Å². The Morgan fingerprint density at radius 3 is 2.63 bits per heavy atom. The van der Waals surface area contributed by atoms with Crippen LogP contribution in [0, 0.1) is 24.2 Å². The number of carbonyl (C=O) groups excluding carboxylic acids is 2. The first kappa shape index (κ1) is 27.8. The summed E-state index contributed by atoms with van der Waals surface area (Å²) in [4.78, 5) is 31.7. The van der Waals surface area contributed by atoms with Gasteiger partial charge in [0.15, 0.2) is 11.5 Å². The molecule has 0 unspecified atom stereocenters. The topological polar surface area (TPSA) is 143 Å². The summed E-state index contributed by atoms with van der Waals surface area (Å²) in [6.45, 7) is 1.83. The van der Waals surface area contributed by atoms with E-state index in [1.165, 1.54) is 30.5 Å². The number of nitrogens with zero attached hydrogens (tertiary/aromatic N) is 7. The Labute approximate surface area is 235 Å². The first-order valence-corrected chi connectivity index (χ1v) is 12.7. The van der Waals surface area contributed by atoms with Crippen LogP contribution in [0.5, 0.6) is 0 Å². The van der Waals surface area contributed by atoms with Crippen LogP contribution in [-0.4, -0.2) is 48.1 Å². The van der Waals surface area contributed by atoms with Crippen molar-refractivity contribution in [2.75, 3.05) is 11.9 Å². The van der Waals surface area contributed by atoms with Crippen molar-refractivity contribution in [1.29, 1.82) is 5.26 Å². The number of pyridine rings is 1. The van der Waals surface area contributed by atoms with Gasteiger partial charge in [-0.2, -0.15) is 33.4 Å². The maximum atomic E-state index is 13.7. The monoisotopic (exact) mass is 583 g/mol. The minimum absolute atomic E-state index is 0.0723. The Hall–Kier alpha value is -4.77. The molecule has 0 atom stereocenters. The molecule has 2 N–H and O–H groups in total. The summed E-state index contributed by atoms with van der Waals surface area (Å²) < 4.78 is 40.1. The molecule has 0 radical (unpaired) electrons. The Morgan fingerprint density at radius 1 is 1.20 bits per heavy atom. The molecular formula is C26H21ClF3N9O2. The largest absolute Gasteiger partial charge is 0.436 e. The van der Waals surface area contributed by atoms with Crippen LogP contribution < -0.4 is 10.6 Å². The number of halogens is 4. The van der Waals surface area contributed by atoms with Crippen LogP contribution in [0.4, 0.5) is 18.9 Å². The molecule has 0 aliphatic heterocycles. The van der Waals surface area contributed by atoms with E-state index in [1.54, 1.807) is 13.0 Å². The van der Waals surface area contributed by atoms with Crippen molar-refractivity contribution in [3.8, 4) is 11.9 Å². The molecule has 1 saturated carbocycles. The molecule has 0 saturated heterocycles. The quantitative estimate of drug-likeness (QED) is 0.317. The molecule has 5 rings (SSSR count). The third-order valence-electron chi connectivity index (χ3n) is 6.26. The van der Waals surface area contributed by atoms with Gasteiger partial charge in [-0.15, -0.1) is 5.10 Å². The molecule has 11 nitrogen and oxygen atoms in total. The number of rotatable bonds is 8. The molecule has 2 amide bonds. The van der Waals surface area contributed by atoms with E-state index < -0.39 is 23.7 Å². The average Bonchev–Trinajstić information content (AvgIpc) is 3.47. The van der Waals surface area contributed by atoms with Crippen LogP contribution >= 0.6 is 11.6 Å². The van der Waals surface area contributed by atoms with Crippen LogP contribution in [0.2, 0.25) is 5.02 Å². The van der Waals surface area contributed by atoms with E-state index in [2.05, 4.69) is 30.9 Å². The third-order valence-corrected chi connectivity index (χ3v) is 6.55. The minimum Gasteiger partial charge on any atom is -0.352 e. The second kappa shape index (κ2) is 11.0.